The van der Waals surface area contributed by atoms with Gasteiger partial charge in [-0.1, -0.05) is 6.07 Å². The van der Waals surface area contributed by atoms with Gasteiger partial charge in [0.1, 0.15) is 5.82 Å². The van der Waals surface area contributed by atoms with Crippen molar-refractivity contribution in [2.45, 2.75) is 25.5 Å². The van der Waals surface area contributed by atoms with Gasteiger partial charge < -0.3 is 15.8 Å². The molecule has 1 amide bonds. The first kappa shape index (κ1) is 13.0. The highest BCUT2D eigenvalue weighted by atomic mass is 19.1. The molecular formula is C13H17FN2O2. The second kappa shape index (κ2) is 5.93. The van der Waals surface area contributed by atoms with Gasteiger partial charge in [-0.05, 0) is 31.5 Å². The summed E-state index contributed by atoms with van der Waals surface area (Å²) < 4.78 is 19.1. The third-order valence-electron chi connectivity index (χ3n) is 3.08. The Hall–Kier alpha value is -1.46. The van der Waals surface area contributed by atoms with Crippen LogP contribution in [0.4, 0.5) is 4.39 Å². The summed E-state index contributed by atoms with van der Waals surface area (Å²) in [5.41, 5.74) is 5.69. The highest BCUT2D eigenvalue weighted by molar-refractivity contribution is 5.92. The molecule has 18 heavy (non-hydrogen) atoms. The van der Waals surface area contributed by atoms with Crippen molar-refractivity contribution in [3.63, 3.8) is 0 Å². The maximum atomic E-state index is 13.6. The highest BCUT2D eigenvalue weighted by Crippen LogP contribution is 2.12. The molecule has 1 unspecified atom stereocenters. The van der Waals surface area contributed by atoms with E-state index < -0.39 is 11.7 Å². The van der Waals surface area contributed by atoms with Gasteiger partial charge in [0.15, 0.2) is 0 Å². The van der Waals surface area contributed by atoms with Gasteiger partial charge in [0.2, 0.25) is 5.91 Å². The average molecular weight is 252 g/mol. The summed E-state index contributed by atoms with van der Waals surface area (Å²) in [7, 11) is 0. The van der Waals surface area contributed by atoms with Crippen molar-refractivity contribution in [2.75, 3.05) is 13.2 Å². The van der Waals surface area contributed by atoms with Gasteiger partial charge >= 0.3 is 0 Å². The number of nitrogens with two attached hydrogens (primary N) is 1. The van der Waals surface area contributed by atoms with Crippen molar-refractivity contribution < 1.29 is 13.9 Å². The number of halogens is 1. The van der Waals surface area contributed by atoms with E-state index in [2.05, 4.69) is 5.32 Å². The van der Waals surface area contributed by atoms with Gasteiger partial charge in [0.25, 0.3) is 0 Å². The first-order chi connectivity index (χ1) is 8.66. The second-order valence-corrected chi connectivity index (χ2v) is 4.48. The van der Waals surface area contributed by atoms with E-state index in [-0.39, 0.29) is 12.2 Å². The van der Waals surface area contributed by atoms with Crippen molar-refractivity contribution in [2.24, 2.45) is 5.73 Å². The van der Waals surface area contributed by atoms with Crippen LogP contribution < -0.4 is 11.1 Å². The van der Waals surface area contributed by atoms with Gasteiger partial charge in [-0.3, -0.25) is 4.79 Å². The summed E-state index contributed by atoms with van der Waals surface area (Å²) >= 11 is 0. The van der Waals surface area contributed by atoms with Crippen LogP contribution in [-0.4, -0.2) is 25.1 Å². The van der Waals surface area contributed by atoms with E-state index in [9.17, 15) is 9.18 Å². The first-order valence-electron chi connectivity index (χ1n) is 6.06. The first-order valence-corrected chi connectivity index (χ1v) is 6.06. The van der Waals surface area contributed by atoms with E-state index in [1.807, 2.05) is 0 Å². The molecule has 1 saturated heterocycles. The molecule has 1 aromatic rings. The van der Waals surface area contributed by atoms with E-state index >= 15 is 0 Å². The molecule has 2 rings (SSSR count). The molecule has 4 nitrogen and oxygen atoms in total. The molecule has 0 spiro atoms. The Bertz CT molecular complexity index is 431. The minimum atomic E-state index is -0.628. The van der Waals surface area contributed by atoms with E-state index in [1.54, 1.807) is 0 Å². The summed E-state index contributed by atoms with van der Waals surface area (Å²) in [4.78, 5) is 10.9. The fourth-order valence-corrected chi connectivity index (χ4v) is 2.03. The molecule has 1 aliphatic heterocycles. The van der Waals surface area contributed by atoms with Crippen LogP contribution in [0.25, 0.3) is 0 Å². The van der Waals surface area contributed by atoms with Crippen molar-refractivity contribution in [1.82, 2.24) is 5.32 Å². The molecule has 0 radical (unpaired) electrons. The molecule has 0 bridgehead atoms. The Morgan fingerprint density at radius 2 is 2.39 bits per heavy atom. The zero-order valence-corrected chi connectivity index (χ0v) is 10.1. The standard InChI is InChI=1S/C13H17FN2O2/c14-12-6-9(13(15)17)3-4-10(12)7-18-8-11-2-1-5-16-11/h3-4,6,11,16H,1-2,5,7-8H2,(H2,15,17). The molecule has 0 aromatic heterocycles. The van der Waals surface area contributed by atoms with Crippen LogP contribution in [0.2, 0.25) is 0 Å². The minimum Gasteiger partial charge on any atom is -0.375 e. The van der Waals surface area contributed by atoms with Crippen LogP contribution in [0.5, 0.6) is 0 Å². The minimum absolute atomic E-state index is 0.175. The number of benzene rings is 1. The third kappa shape index (κ3) is 3.27. The van der Waals surface area contributed by atoms with E-state index in [0.717, 1.165) is 25.5 Å². The largest absolute Gasteiger partial charge is 0.375 e. The Morgan fingerprint density at radius 1 is 1.56 bits per heavy atom. The van der Waals surface area contributed by atoms with Gasteiger partial charge in [-0.15, -0.1) is 0 Å². The van der Waals surface area contributed by atoms with Crippen LogP contribution in [0.1, 0.15) is 28.8 Å². The predicted octanol–water partition coefficient (Wildman–Crippen LogP) is 1.19. The molecule has 1 fully saturated rings. The van der Waals surface area contributed by atoms with Gasteiger partial charge in [-0.25, -0.2) is 4.39 Å². The molecule has 1 aromatic carbocycles. The summed E-state index contributed by atoms with van der Waals surface area (Å²) in [5, 5.41) is 3.30. The topological polar surface area (TPSA) is 64.4 Å². The summed E-state index contributed by atoms with van der Waals surface area (Å²) in [6, 6.07) is 4.57. The second-order valence-electron chi connectivity index (χ2n) is 4.48. The molecule has 1 heterocycles. The molecule has 1 aliphatic rings. The van der Waals surface area contributed by atoms with Crippen LogP contribution in [0.15, 0.2) is 18.2 Å². The quantitative estimate of drug-likeness (QED) is 0.827. The van der Waals surface area contributed by atoms with Crippen molar-refractivity contribution in [1.29, 1.82) is 0 Å². The Kier molecular flexibility index (Phi) is 4.28. The molecule has 5 heteroatoms. The monoisotopic (exact) mass is 252 g/mol. The van der Waals surface area contributed by atoms with Crippen molar-refractivity contribution in [3.05, 3.63) is 35.1 Å². The molecule has 0 saturated carbocycles. The van der Waals surface area contributed by atoms with E-state index in [4.69, 9.17) is 10.5 Å². The van der Waals surface area contributed by atoms with Crippen LogP contribution in [0.3, 0.4) is 0 Å². The Balaban J connectivity index is 1.87. The van der Waals surface area contributed by atoms with Gasteiger partial charge in [0.05, 0.1) is 13.2 Å². The molecular weight excluding hydrogens is 235 g/mol. The Morgan fingerprint density at radius 3 is 3.00 bits per heavy atom. The third-order valence-corrected chi connectivity index (χ3v) is 3.08. The normalized spacial score (nSPS) is 19.1. The van der Waals surface area contributed by atoms with E-state index in [1.165, 1.54) is 12.1 Å². The fraction of sp³-hybridized carbons (Fsp3) is 0.462. The van der Waals surface area contributed by atoms with Crippen molar-refractivity contribution in [3.8, 4) is 0 Å². The van der Waals surface area contributed by atoms with Crippen LogP contribution in [0, 0.1) is 5.82 Å². The average Bonchev–Trinajstić information content (AvgIpc) is 2.84. The van der Waals surface area contributed by atoms with Gasteiger partial charge in [0, 0.05) is 17.2 Å². The van der Waals surface area contributed by atoms with Crippen LogP contribution in [-0.2, 0) is 11.3 Å². The Labute approximate surface area is 105 Å². The zero-order chi connectivity index (χ0) is 13.0. The number of amides is 1. The van der Waals surface area contributed by atoms with E-state index in [0.29, 0.717) is 18.2 Å². The number of primary amides is 1. The van der Waals surface area contributed by atoms with Crippen molar-refractivity contribution >= 4 is 5.91 Å². The zero-order valence-electron chi connectivity index (χ0n) is 10.1. The number of ether oxygens (including phenoxy) is 1. The number of rotatable bonds is 5. The predicted molar refractivity (Wildman–Crippen MR) is 65.6 cm³/mol. The number of carbonyl (C=O) groups excluding carboxylic acids is 1. The molecule has 3 N–H and O–H groups in total. The highest BCUT2D eigenvalue weighted by Gasteiger charge is 2.14. The fourth-order valence-electron chi connectivity index (χ4n) is 2.03. The molecule has 0 aliphatic carbocycles. The maximum Gasteiger partial charge on any atom is 0.248 e. The number of carbonyl (C=O) groups is 1. The summed E-state index contributed by atoms with van der Waals surface area (Å²) in [6.45, 7) is 1.82. The molecule has 1 atom stereocenters. The van der Waals surface area contributed by atoms with Gasteiger partial charge in [-0.2, -0.15) is 0 Å². The number of hydrogen-bond acceptors (Lipinski definition) is 3. The number of nitrogens with one attached hydrogen (secondary N) is 1. The lowest BCUT2D eigenvalue weighted by atomic mass is 10.1. The number of hydrogen-bond donors (Lipinski definition) is 2. The summed E-state index contributed by atoms with van der Waals surface area (Å²) in [6.07, 6.45) is 2.26. The SMILES string of the molecule is NC(=O)c1ccc(COCC2CCCN2)c(F)c1. The summed E-state index contributed by atoms with van der Waals surface area (Å²) in [5.74, 6) is -1.08. The lowest BCUT2D eigenvalue weighted by Crippen LogP contribution is -2.26. The smallest absolute Gasteiger partial charge is 0.248 e. The lowest BCUT2D eigenvalue weighted by Gasteiger charge is -2.11. The maximum absolute atomic E-state index is 13.6. The molecule has 98 valence electrons. The lowest BCUT2D eigenvalue weighted by molar-refractivity contribution is 0.0992. The van der Waals surface area contributed by atoms with Crippen LogP contribution >= 0.6 is 0 Å².